The molecule has 3 heteroatoms. The molecule has 5 aliphatic rings. The molecule has 2 atom stereocenters. The van der Waals surface area contributed by atoms with Gasteiger partial charge >= 0.3 is 0 Å². The number of nitrogens with zero attached hydrogens (tertiary/aromatic N) is 1. The summed E-state index contributed by atoms with van der Waals surface area (Å²) >= 11 is 0. The van der Waals surface area contributed by atoms with E-state index in [1.165, 1.54) is 126 Å². The monoisotopic (exact) mass is 883 g/mol. The first-order valence-electron chi connectivity index (χ1n) is 25.0. The molecule has 0 N–H and O–H groups in total. The van der Waals surface area contributed by atoms with E-state index in [-0.39, 0.29) is 17.5 Å². The highest BCUT2D eigenvalue weighted by Gasteiger charge is 2.59. The molecule has 330 valence electrons. The molecule has 8 aromatic rings. The van der Waals surface area contributed by atoms with Crippen molar-refractivity contribution in [2.24, 2.45) is 11.8 Å². The fourth-order valence-corrected chi connectivity index (χ4v) is 20.5. The van der Waals surface area contributed by atoms with Gasteiger partial charge in [0, 0.05) is 17.1 Å². The minimum absolute atomic E-state index is 0.200. The molecule has 0 spiro atoms. The van der Waals surface area contributed by atoms with E-state index in [0.717, 1.165) is 11.8 Å². The molecule has 0 aromatic heterocycles. The first kappa shape index (κ1) is 42.2. The molecule has 2 unspecified atom stereocenters. The van der Waals surface area contributed by atoms with Crippen molar-refractivity contribution in [2.45, 2.75) is 90.9 Å². The van der Waals surface area contributed by atoms with E-state index in [2.05, 4.69) is 228 Å². The summed E-state index contributed by atoms with van der Waals surface area (Å²) in [6.45, 7) is 14.0. The third-order valence-corrected chi connectivity index (χ3v) is 22.1. The van der Waals surface area contributed by atoms with Crippen molar-refractivity contribution >= 4 is 69.0 Å². The fourth-order valence-electron chi connectivity index (χ4n) is 15.4. The van der Waals surface area contributed by atoms with Crippen LogP contribution in [0.15, 0.2) is 182 Å². The minimum Gasteiger partial charge on any atom is -0.311 e. The summed E-state index contributed by atoms with van der Waals surface area (Å²) in [6.07, 6.45) is 7.94. The molecule has 0 saturated heterocycles. The van der Waals surface area contributed by atoms with Gasteiger partial charge in [0.2, 0.25) is 6.71 Å². The van der Waals surface area contributed by atoms with E-state index in [1.54, 1.807) is 11.1 Å². The molecule has 1 nitrogen and oxygen atoms in total. The third-order valence-electron chi connectivity index (χ3n) is 17.2. The Morgan fingerprint density at radius 1 is 0.448 bits per heavy atom. The number of para-hydroxylation sites is 2. The molecule has 1 aliphatic heterocycles. The number of benzene rings is 8. The summed E-state index contributed by atoms with van der Waals surface area (Å²) in [5.41, 5.74) is 20.0. The zero-order valence-electron chi connectivity index (χ0n) is 40.2. The highest BCUT2D eigenvalue weighted by Crippen LogP contribution is 2.66. The summed E-state index contributed by atoms with van der Waals surface area (Å²) < 4.78 is 0. The second kappa shape index (κ2) is 16.0. The largest absolute Gasteiger partial charge is 0.311 e. The SMILES string of the molecule is Cc1cc(C)c(B(c2ccc(C34CC5CC(C3)CC(c3ccc(N6c7ccccc7[Si](c7ccccc7)(c7ccccc7)c7ccccc76)cc3)(C5)C4)cc2)c2c(C)cc(C)cc2C)c(C)c1. The van der Waals surface area contributed by atoms with Crippen LogP contribution in [0.5, 0.6) is 0 Å². The van der Waals surface area contributed by atoms with Crippen molar-refractivity contribution < 1.29 is 0 Å². The van der Waals surface area contributed by atoms with Gasteiger partial charge in [-0.05, 0) is 159 Å². The lowest BCUT2D eigenvalue weighted by Gasteiger charge is -2.63. The lowest BCUT2D eigenvalue weighted by Crippen LogP contribution is -2.77. The van der Waals surface area contributed by atoms with Crippen LogP contribution in [0.25, 0.3) is 0 Å². The van der Waals surface area contributed by atoms with Gasteiger partial charge in [-0.15, -0.1) is 0 Å². The van der Waals surface area contributed by atoms with Gasteiger partial charge in [-0.1, -0.05) is 207 Å². The van der Waals surface area contributed by atoms with Gasteiger partial charge < -0.3 is 4.90 Å². The number of aryl methyl sites for hydroxylation is 6. The van der Waals surface area contributed by atoms with Crippen LogP contribution in [0.3, 0.4) is 0 Å². The Bertz CT molecular complexity index is 2960. The molecule has 4 fully saturated rings. The van der Waals surface area contributed by atoms with E-state index < -0.39 is 8.07 Å². The van der Waals surface area contributed by atoms with Crippen LogP contribution in [0.1, 0.15) is 83.0 Å². The maximum atomic E-state index is 2.57. The van der Waals surface area contributed by atoms with Crippen molar-refractivity contribution in [1.29, 1.82) is 0 Å². The highest BCUT2D eigenvalue weighted by atomic mass is 28.3. The Hall–Kier alpha value is -6.16. The minimum atomic E-state index is -2.65. The van der Waals surface area contributed by atoms with Crippen molar-refractivity contribution in [2.75, 3.05) is 4.90 Å². The van der Waals surface area contributed by atoms with Gasteiger partial charge in [0.25, 0.3) is 0 Å². The van der Waals surface area contributed by atoms with E-state index in [1.807, 2.05) is 0 Å². The van der Waals surface area contributed by atoms with Gasteiger partial charge in [-0.2, -0.15) is 0 Å². The quantitative estimate of drug-likeness (QED) is 0.137. The Kier molecular flexibility index (Phi) is 10.1. The predicted octanol–water partition coefficient (Wildman–Crippen LogP) is 11.0. The summed E-state index contributed by atoms with van der Waals surface area (Å²) in [5.74, 6) is 1.55. The molecule has 1 heterocycles. The molecule has 0 radical (unpaired) electrons. The molecular weight excluding hydrogens is 822 g/mol. The van der Waals surface area contributed by atoms with Gasteiger partial charge in [-0.3, -0.25) is 0 Å². The van der Waals surface area contributed by atoms with Crippen LogP contribution < -0.4 is 42.0 Å². The summed E-state index contributed by atoms with van der Waals surface area (Å²) in [4.78, 5) is 2.57. The second-order valence-corrected chi connectivity index (χ2v) is 25.3. The van der Waals surface area contributed by atoms with E-state index >= 15 is 0 Å². The Balaban J connectivity index is 0.912. The summed E-state index contributed by atoms with van der Waals surface area (Å²) in [7, 11) is -2.65. The number of fused-ring (bicyclic) bond motifs is 2. The Morgan fingerprint density at radius 2 is 0.836 bits per heavy atom. The maximum absolute atomic E-state index is 2.65. The number of hydrogen-bond acceptors (Lipinski definition) is 1. The van der Waals surface area contributed by atoms with E-state index in [0.29, 0.717) is 0 Å². The first-order valence-corrected chi connectivity index (χ1v) is 27.0. The fraction of sp³-hybridized carbons (Fsp3) is 0.250. The van der Waals surface area contributed by atoms with Gasteiger partial charge in [0.15, 0.2) is 8.07 Å². The molecule has 67 heavy (non-hydrogen) atoms. The molecule has 4 bridgehead atoms. The Morgan fingerprint density at radius 3 is 1.27 bits per heavy atom. The zero-order valence-corrected chi connectivity index (χ0v) is 41.2. The molecule has 4 aliphatic carbocycles. The van der Waals surface area contributed by atoms with Gasteiger partial charge in [0.05, 0.1) is 0 Å². The average Bonchev–Trinajstić information content (AvgIpc) is 3.32. The van der Waals surface area contributed by atoms with Crippen molar-refractivity contribution in [1.82, 2.24) is 0 Å². The number of hydrogen-bond donors (Lipinski definition) is 0. The zero-order chi connectivity index (χ0) is 45.7. The smallest absolute Gasteiger partial charge is 0.242 e. The van der Waals surface area contributed by atoms with Gasteiger partial charge in [-0.25, -0.2) is 0 Å². The lowest BCUT2D eigenvalue weighted by atomic mass is 9.34. The molecular formula is C64H62BNSi. The highest BCUT2D eigenvalue weighted by molar-refractivity contribution is 7.21. The van der Waals surface area contributed by atoms with E-state index in [9.17, 15) is 0 Å². The van der Waals surface area contributed by atoms with Crippen molar-refractivity contribution in [3.8, 4) is 0 Å². The van der Waals surface area contributed by atoms with Crippen LogP contribution in [-0.4, -0.2) is 14.8 Å². The summed E-state index contributed by atoms with van der Waals surface area (Å²) in [5, 5.41) is 5.75. The second-order valence-electron chi connectivity index (χ2n) is 21.6. The molecule has 8 aromatic carbocycles. The average molecular weight is 884 g/mol. The normalized spacial score (nSPS) is 22.0. The lowest BCUT2D eigenvalue weighted by molar-refractivity contribution is -0.0281. The van der Waals surface area contributed by atoms with Crippen LogP contribution in [0.2, 0.25) is 0 Å². The van der Waals surface area contributed by atoms with Crippen LogP contribution in [-0.2, 0) is 10.8 Å². The van der Waals surface area contributed by atoms with Crippen LogP contribution in [0, 0.1) is 53.4 Å². The van der Waals surface area contributed by atoms with Gasteiger partial charge in [0.1, 0.15) is 0 Å². The van der Waals surface area contributed by atoms with Crippen molar-refractivity contribution in [3.63, 3.8) is 0 Å². The number of anilines is 3. The first-order chi connectivity index (χ1) is 32.6. The molecule has 4 saturated carbocycles. The summed E-state index contributed by atoms with van der Waals surface area (Å²) in [6, 6.07) is 71.1. The Labute approximate surface area is 401 Å². The maximum Gasteiger partial charge on any atom is 0.242 e. The van der Waals surface area contributed by atoms with E-state index in [4.69, 9.17) is 0 Å². The predicted molar refractivity (Wildman–Crippen MR) is 289 cm³/mol. The standard InChI is InChI=1S/C64H62BNSi/c1-43-33-45(3)61(46(4)34-43)65(62-47(5)35-44(2)36-48(62)6)53-29-25-51(26-30-53)63-38-49-37-50(39-63)41-64(40-49,42-63)52-27-31-54(32-28-52)66-57-21-13-15-23-59(57)67(55-17-9-7-10-18-55,56-19-11-8-12-20-56)60-24-16-14-22-58(60)66/h7-36,49-50H,37-42H2,1-6H3. The molecule has 13 rings (SSSR count). The van der Waals surface area contributed by atoms with Crippen LogP contribution >= 0.6 is 0 Å². The van der Waals surface area contributed by atoms with Crippen LogP contribution in [0.4, 0.5) is 17.1 Å². The molecule has 0 amide bonds. The third kappa shape index (κ3) is 6.62. The van der Waals surface area contributed by atoms with Crippen molar-refractivity contribution in [3.05, 3.63) is 226 Å². The topological polar surface area (TPSA) is 3.24 Å². The number of rotatable bonds is 8.